The Bertz CT molecular complexity index is 1430. The highest BCUT2D eigenvalue weighted by atomic mass is 35.5. The van der Waals surface area contributed by atoms with Crippen LogP contribution in [0, 0.1) is 5.82 Å². The second-order valence-electron chi connectivity index (χ2n) is 9.95. The van der Waals surface area contributed by atoms with Gasteiger partial charge in [0.2, 0.25) is 11.8 Å². The second-order valence-corrected chi connectivity index (χ2v) is 12.2. The lowest BCUT2D eigenvalue weighted by atomic mass is 9.95. The minimum atomic E-state index is -4.33. The molecule has 10 heteroatoms. The van der Waals surface area contributed by atoms with E-state index >= 15 is 0 Å². The fraction of sp³-hybridized carbons (Fsp3) is 0.333. The molecule has 2 amide bonds. The van der Waals surface area contributed by atoms with Gasteiger partial charge in [0, 0.05) is 17.6 Å². The summed E-state index contributed by atoms with van der Waals surface area (Å²) < 4.78 is 43.1. The van der Waals surface area contributed by atoms with Gasteiger partial charge in [-0.3, -0.25) is 13.9 Å². The van der Waals surface area contributed by atoms with Crippen LogP contribution >= 0.6 is 11.6 Å². The van der Waals surface area contributed by atoms with Crippen molar-refractivity contribution in [3.63, 3.8) is 0 Å². The molecule has 1 aliphatic carbocycles. The molecule has 0 aliphatic heterocycles. The van der Waals surface area contributed by atoms with Gasteiger partial charge in [0.05, 0.1) is 10.6 Å². The third-order valence-electron chi connectivity index (χ3n) is 7.09. The van der Waals surface area contributed by atoms with Crippen LogP contribution in [0.1, 0.15) is 44.6 Å². The van der Waals surface area contributed by atoms with Crippen molar-refractivity contribution in [3.8, 4) is 0 Å². The summed E-state index contributed by atoms with van der Waals surface area (Å²) >= 11 is 6.18. The predicted octanol–water partition coefficient (Wildman–Crippen LogP) is 5.54. The lowest BCUT2D eigenvalue weighted by Gasteiger charge is -2.33. The molecule has 0 aromatic heterocycles. The summed E-state index contributed by atoms with van der Waals surface area (Å²) in [5.41, 5.74) is 0.406. The second kappa shape index (κ2) is 13.3. The number of para-hydroxylation sites is 1. The van der Waals surface area contributed by atoms with E-state index in [1.165, 1.54) is 35.2 Å². The highest BCUT2D eigenvalue weighted by Crippen LogP contribution is 2.27. The molecule has 40 heavy (non-hydrogen) atoms. The third kappa shape index (κ3) is 7.20. The van der Waals surface area contributed by atoms with Crippen molar-refractivity contribution >= 4 is 39.1 Å². The largest absolute Gasteiger partial charge is 0.352 e. The first-order valence-electron chi connectivity index (χ1n) is 13.3. The normalized spacial score (nSPS) is 14.8. The fourth-order valence-corrected chi connectivity index (χ4v) is 6.53. The maximum absolute atomic E-state index is 15.0. The molecule has 1 aliphatic rings. The first-order chi connectivity index (χ1) is 19.2. The zero-order chi connectivity index (χ0) is 28.7. The summed E-state index contributed by atoms with van der Waals surface area (Å²) in [5.74, 6) is -1.78. The molecule has 1 saturated carbocycles. The monoisotopic (exact) mass is 585 g/mol. The molecule has 7 nitrogen and oxygen atoms in total. The first-order valence-corrected chi connectivity index (χ1v) is 15.1. The Morgan fingerprint density at radius 3 is 2.33 bits per heavy atom. The molecular weight excluding hydrogens is 553 g/mol. The molecule has 0 unspecified atom stereocenters. The van der Waals surface area contributed by atoms with E-state index in [1.807, 2.05) is 0 Å². The smallest absolute Gasteiger partial charge is 0.264 e. The minimum absolute atomic E-state index is 0.00907. The van der Waals surface area contributed by atoms with Crippen molar-refractivity contribution in [2.45, 2.75) is 62.6 Å². The van der Waals surface area contributed by atoms with Crippen LogP contribution in [0.4, 0.5) is 10.1 Å². The Hall–Kier alpha value is -3.43. The van der Waals surface area contributed by atoms with E-state index in [9.17, 15) is 22.4 Å². The van der Waals surface area contributed by atoms with Gasteiger partial charge in [-0.1, -0.05) is 73.3 Å². The van der Waals surface area contributed by atoms with Crippen LogP contribution < -0.4 is 9.62 Å². The number of nitrogens with zero attached hydrogens (tertiary/aromatic N) is 2. The van der Waals surface area contributed by atoms with Crippen LogP contribution in [-0.4, -0.2) is 43.8 Å². The van der Waals surface area contributed by atoms with Crippen molar-refractivity contribution in [1.82, 2.24) is 10.2 Å². The average Bonchev–Trinajstić information content (AvgIpc) is 2.95. The molecule has 1 N–H and O–H groups in total. The van der Waals surface area contributed by atoms with Gasteiger partial charge in [-0.05, 0) is 61.7 Å². The van der Waals surface area contributed by atoms with Crippen LogP contribution in [0.2, 0.25) is 5.02 Å². The molecule has 0 saturated heterocycles. The quantitative estimate of drug-likeness (QED) is 0.338. The van der Waals surface area contributed by atoms with Crippen LogP contribution in [0.25, 0.3) is 0 Å². The van der Waals surface area contributed by atoms with E-state index in [1.54, 1.807) is 49.4 Å². The van der Waals surface area contributed by atoms with Crippen molar-refractivity contribution in [2.75, 3.05) is 10.8 Å². The van der Waals surface area contributed by atoms with Crippen LogP contribution in [0.15, 0.2) is 83.8 Å². The Kier molecular flexibility index (Phi) is 9.81. The Morgan fingerprint density at radius 1 is 0.975 bits per heavy atom. The molecule has 4 rings (SSSR count). The number of carbonyl (C=O) groups excluding carboxylic acids is 2. The number of hydrogen-bond donors (Lipinski definition) is 1. The molecule has 0 spiro atoms. The van der Waals surface area contributed by atoms with Crippen molar-refractivity contribution < 1.29 is 22.4 Å². The van der Waals surface area contributed by atoms with E-state index in [-0.39, 0.29) is 29.1 Å². The van der Waals surface area contributed by atoms with Crippen molar-refractivity contribution in [3.05, 3.63) is 95.3 Å². The number of anilines is 1. The number of carbonyl (C=O) groups is 2. The standard InChI is InChI=1S/C30H33ClFN3O4S/c1-22(30(37)33-25-13-4-2-5-14-25)34(20-23-11-10-12-24(31)19-23)29(36)21-35(28-18-9-8-17-27(28)32)40(38,39)26-15-6-3-7-16-26/h3,6-12,15-19,22,25H,2,4-5,13-14,20-21H2,1H3,(H,33,37)/t22-/m0/s1. The van der Waals surface area contributed by atoms with E-state index in [4.69, 9.17) is 11.6 Å². The van der Waals surface area contributed by atoms with E-state index < -0.39 is 34.3 Å². The highest BCUT2D eigenvalue weighted by molar-refractivity contribution is 7.92. The average molecular weight is 586 g/mol. The van der Waals surface area contributed by atoms with Crippen LogP contribution in [-0.2, 0) is 26.2 Å². The van der Waals surface area contributed by atoms with Gasteiger partial charge in [0.15, 0.2) is 0 Å². The molecule has 3 aromatic carbocycles. The Morgan fingerprint density at radius 2 is 1.65 bits per heavy atom. The summed E-state index contributed by atoms with van der Waals surface area (Å²) in [6.07, 6.45) is 4.93. The Labute approximate surface area is 240 Å². The van der Waals surface area contributed by atoms with Gasteiger partial charge < -0.3 is 10.2 Å². The summed E-state index contributed by atoms with van der Waals surface area (Å²) in [6, 6.07) is 18.9. The number of amides is 2. The molecule has 1 fully saturated rings. The molecular formula is C30H33ClFN3O4S. The number of rotatable bonds is 10. The SMILES string of the molecule is C[C@@H](C(=O)NC1CCCCC1)N(Cc1cccc(Cl)c1)C(=O)CN(c1ccccc1F)S(=O)(=O)c1ccccc1. The van der Waals surface area contributed by atoms with E-state index in [2.05, 4.69) is 5.32 Å². The number of sulfonamides is 1. The minimum Gasteiger partial charge on any atom is -0.352 e. The Balaban J connectivity index is 1.68. The van der Waals surface area contributed by atoms with Crippen LogP contribution in [0.3, 0.4) is 0 Å². The van der Waals surface area contributed by atoms with Crippen LogP contribution in [0.5, 0.6) is 0 Å². The summed E-state index contributed by atoms with van der Waals surface area (Å²) in [5, 5.41) is 3.51. The fourth-order valence-electron chi connectivity index (χ4n) is 4.87. The lowest BCUT2D eigenvalue weighted by Crippen LogP contribution is -2.53. The van der Waals surface area contributed by atoms with E-state index in [0.29, 0.717) is 10.6 Å². The number of hydrogen-bond acceptors (Lipinski definition) is 4. The molecule has 0 radical (unpaired) electrons. The van der Waals surface area contributed by atoms with Crippen molar-refractivity contribution in [1.29, 1.82) is 0 Å². The number of halogens is 2. The summed E-state index contributed by atoms with van der Waals surface area (Å²) in [7, 11) is -4.33. The molecule has 1 atom stereocenters. The molecule has 212 valence electrons. The first kappa shape index (κ1) is 29.6. The summed E-state index contributed by atoms with van der Waals surface area (Å²) in [6.45, 7) is 0.911. The van der Waals surface area contributed by atoms with Crippen molar-refractivity contribution in [2.24, 2.45) is 0 Å². The zero-order valence-corrected chi connectivity index (χ0v) is 23.9. The topological polar surface area (TPSA) is 86.8 Å². The zero-order valence-electron chi connectivity index (χ0n) is 22.3. The number of nitrogens with one attached hydrogen (secondary N) is 1. The van der Waals surface area contributed by atoms with E-state index in [0.717, 1.165) is 42.5 Å². The predicted molar refractivity (Wildman–Crippen MR) is 154 cm³/mol. The van der Waals surface area contributed by atoms with Gasteiger partial charge in [-0.15, -0.1) is 0 Å². The van der Waals surface area contributed by atoms with Gasteiger partial charge >= 0.3 is 0 Å². The summed E-state index contributed by atoms with van der Waals surface area (Å²) in [4.78, 5) is 28.5. The number of benzene rings is 3. The maximum Gasteiger partial charge on any atom is 0.264 e. The molecule has 3 aromatic rings. The molecule has 0 bridgehead atoms. The lowest BCUT2D eigenvalue weighted by molar-refractivity contribution is -0.139. The van der Waals surface area contributed by atoms with Gasteiger partial charge in [0.1, 0.15) is 18.4 Å². The maximum atomic E-state index is 15.0. The van der Waals surface area contributed by atoms with Gasteiger partial charge in [0.25, 0.3) is 10.0 Å². The third-order valence-corrected chi connectivity index (χ3v) is 9.10. The van der Waals surface area contributed by atoms with Gasteiger partial charge in [-0.2, -0.15) is 0 Å². The van der Waals surface area contributed by atoms with Gasteiger partial charge in [-0.25, -0.2) is 12.8 Å². The highest BCUT2D eigenvalue weighted by Gasteiger charge is 2.34. The molecule has 0 heterocycles.